The predicted octanol–water partition coefficient (Wildman–Crippen LogP) is -0.787. The van der Waals surface area contributed by atoms with Gasteiger partial charge in [-0.3, -0.25) is 0 Å². The molecule has 2 fully saturated rings. The van der Waals surface area contributed by atoms with Crippen molar-refractivity contribution in [1.82, 2.24) is 9.80 Å². The molecule has 2 atom stereocenters. The van der Waals surface area contributed by atoms with Crippen LogP contribution in [-0.4, -0.2) is 56.8 Å². The zero-order chi connectivity index (χ0) is 8.06. The van der Waals surface area contributed by atoms with Gasteiger partial charge in [-0.2, -0.15) is 0 Å². The van der Waals surface area contributed by atoms with Gasteiger partial charge < -0.3 is 9.80 Å². The third-order valence-corrected chi connectivity index (χ3v) is 3.69. The Kier molecular flexibility index (Phi) is 1.55. The lowest BCUT2D eigenvalue weighted by atomic mass is 9.71. The number of rotatable bonds is 0. The molecule has 0 aromatic carbocycles. The van der Waals surface area contributed by atoms with Crippen molar-refractivity contribution < 1.29 is 0 Å². The monoisotopic (exact) mass is 152 g/mol. The smallest absolute Gasteiger partial charge is 0.130 e. The Morgan fingerprint density at radius 2 is 2.18 bits per heavy atom. The standard InChI is InChI=1S/C8H17BN2/c1-10-5-7-3-4-11(2)8(7,9)6-10/h7H,3-6,9H2,1-2H3/t7?,8-/m1/s1. The molecule has 2 heterocycles. The van der Waals surface area contributed by atoms with Crippen molar-refractivity contribution >= 4 is 7.85 Å². The summed E-state index contributed by atoms with van der Waals surface area (Å²) in [5.41, 5.74) is 0.495. The number of likely N-dealkylation sites (N-methyl/N-ethyl adjacent to an activating group) is 2. The van der Waals surface area contributed by atoms with Crippen LogP contribution in [0.2, 0.25) is 0 Å². The van der Waals surface area contributed by atoms with E-state index in [-0.39, 0.29) is 0 Å². The Morgan fingerprint density at radius 1 is 1.45 bits per heavy atom. The highest BCUT2D eigenvalue weighted by molar-refractivity contribution is 6.16. The molecule has 2 rings (SSSR count). The summed E-state index contributed by atoms with van der Waals surface area (Å²) in [5, 5.41) is 0. The number of likely N-dealkylation sites (tertiary alicyclic amines) is 2. The van der Waals surface area contributed by atoms with Crippen LogP contribution < -0.4 is 0 Å². The minimum atomic E-state index is 0.495. The molecule has 2 saturated heterocycles. The van der Waals surface area contributed by atoms with Gasteiger partial charge in [0.2, 0.25) is 0 Å². The van der Waals surface area contributed by atoms with Crippen LogP contribution in [0.3, 0.4) is 0 Å². The first-order valence-corrected chi connectivity index (χ1v) is 4.53. The fourth-order valence-corrected chi connectivity index (χ4v) is 2.75. The van der Waals surface area contributed by atoms with E-state index in [2.05, 4.69) is 31.7 Å². The molecule has 0 aromatic rings. The molecule has 62 valence electrons. The fourth-order valence-electron chi connectivity index (χ4n) is 2.75. The van der Waals surface area contributed by atoms with Crippen LogP contribution in [0.5, 0.6) is 0 Å². The number of hydrogen-bond donors (Lipinski definition) is 0. The Labute approximate surface area is 70.0 Å². The van der Waals surface area contributed by atoms with Crippen molar-refractivity contribution in [1.29, 1.82) is 0 Å². The molecule has 0 amide bonds. The summed E-state index contributed by atoms with van der Waals surface area (Å²) in [6, 6.07) is 0. The fraction of sp³-hybridized carbons (Fsp3) is 1.00. The van der Waals surface area contributed by atoms with Gasteiger partial charge >= 0.3 is 0 Å². The highest BCUT2D eigenvalue weighted by Crippen LogP contribution is 2.36. The van der Waals surface area contributed by atoms with Crippen molar-refractivity contribution in [2.24, 2.45) is 5.92 Å². The molecule has 11 heavy (non-hydrogen) atoms. The first kappa shape index (κ1) is 7.62. The van der Waals surface area contributed by atoms with E-state index in [4.69, 9.17) is 0 Å². The maximum absolute atomic E-state index is 2.53. The second kappa shape index (κ2) is 2.24. The lowest BCUT2D eigenvalue weighted by molar-refractivity contribution is 0.243. The number of hydrogen-bond acceptors (Lipinski definition) is 2. The summed E-state index contributed by atoms with van der Waals surface area (Å²) in [6.07, 6.45) is 1.40. The minimum absolute atomic E-state index is 0.495. The van der Waals surface area contributed by atoms with E-state index < -0.39 is 0 Å². The predicted molar refractivity (Wildman–Crippen MR) is 49.5 cm³/mol. The lowest BCUT2D eigenvalue weighted by Gasteiger charge is -2.31. The van der Waals surface area contributed by atoms with E-state index in [0.29, 0.717) is 5.44 Å². The van der Waals surface area contributed by atoms with Gasteiger partial charge in [0.1, 0.15) is 7.85 Å². The van der Waals surface area contributed by atoms with E-state index in [1.54, 1.807) is 0 Å². The maximum Gasteiger partial charge on any atom is 0.130 e. The normalized spacial score (nSPS) is 46.5. The van der Waals surface area contributed by atoms with E-state index in [1.807, 2.05) is 0 Å². The second-order valence-electron chi connectivity index (χ2n) is 4.46. The van der Waals surface area contributed by atoms with E-state index >= 15 is 0 Å². The van der Waals surface area contributed by atoms with Gasteiger partial charge in [0, 0.05) is 18.5 Å². The zero-order valence-electron chi connectivity index (χ0n) is 7.80. The summed E-state index contributed by atoms with van der Waals surface area (Å²) in [5.74, 6) is 0.928. The van der Waals surface area contributed by atoms with E-state index in [9.17, 15) is 0 Å². The third-order valence-electron chi connectivity index (χ3n) is 3.69. The molecule has 0 spiro atoms. The molecular formula is C8H17BN2. The third kappa shape index (κ3) is 0.943. The van der Waals surface area contributed by atoms with Crippen LogP contribution in [0.1, 0.15) is 6.42 Å². The average Bonchev–Trinajstić information content (AvgIpc) is 2.32. The zero-order valence-corrected chi connectivity index (χ0v) is 7.80. The quantitative estimate of drug-likeness (QED) is 0.420. The highest BCUT2D eigenvalue weighted by atomic mass is 15.3. The summed E-state index contributed by atoms with van der Waals surface area (Å²) in [4.78, 5) is 4.99. The molecule has 0 aliphatic carbocycles. The van der Waals surface area contributed by atoms with Crippen LogP contribution in [0.15, 0.2) is 0 Å². The highest BCUT2D eigenvalue weighted by Gasteiger charge is 2.47. The molecule has 0 aromatic heterocycles. The minimum Gasteiger partial charge on any atom is -0.307 e. The second-order valence-corrected chi connectivity index (χ2v) is 4.46. The summed E-state index contributed by atoms with van der Waals surface area (Å²) < 4.78 is 0. The van der Waals surface area contributed by atoms with E-state index in [0.717, 1.165) is 5.92 Å². The van der Waals surface area contributed by atoms with Crippen LogP contribution in [-0.2, 0) is 0 Å². The van der Waals surface area contributed by atoms with Gasteiger partial charge in [0.05, 0.1) is 0 Å². The Bertz CT molecular complexity index is 173. The van der Waals surface area contributed by atoms with Crippen molar-refractivity contribution in [3.05, 3.63) is 0 Å². The summed E-state index contributed by atoms with van der Waals surface area (Å²) in [7, 11) is 6.91. The molecule has 1 unspecified atom stereocenters. The Hall–Kier alpha value is -0.0151. The van der Waals surface area contributed by atoms with Crippen molar-refractivity contribution in [3.8, 4) is 0 Å². The van der Waals surface area contributed by atoms with Gasteiger partial charge in [0.25, 0.3) is 0 Å². The van der Waals surface area contributed by atoms with Crippen molar-refractivity contribution in [2.75, 3.05) is 33.7 Å². The molecule has 2 aliphatic heterocycles. The first-order valence-electron chi connectivity index (χ1n) is 4.53. The van der Waals surface area contributed by atoms with Crippen molar-refractivity contribution in [2.45, 2.75) is 11.9 Å². The molecular weight excluding hydrogens is 135 g/mol. The topological polar surface area (TPSA) is 6.48 Å². The van der Waals surface area contributed by atoms with Crippen LogP contribution in [0.4, 0.5) is 0 Å². The largest absolute Gasteiger partial charge is 0.307 e. The SMILES string of the molecule is B[C@@]12CN(C)CC1CCN2C. The Balaban J connectivity index is 2.20. The van der Waals surface area contributed by atoms with Gasteiger partial charge in [-0.15, -0.1) is 0 Å². The number of nitrogens with zero attached hydrogens (tertiary/aromatic N) is 2. The molecule has 2 aliphatic rings. The molecule has 2 nitrogen and oxygen atoms in total. The van der Waals surface area contributed by atoms with Crippen molar-refractivity contribution in [3.63, 3.8) is 0 Å². The maximum atomic E-state index is 2.53. The molecule has 0 bridgehead atoms. The first-order chi connectivity index (χ1) is 5.13. The molecule has 0 saturated carbocycles. The Morgan fingerprint density at radius 3 is 2.82 bits per heavy atom. The van der Waals surface area contributed by atoms with Gasteiger partial charge in [-0.1, -0.05) is 0 Å². The van der Waals surface area contributed by atoms with Gasteiger partial charge in [0.15, 0.2) is 0 Å². The molecule has 0 N–H and O–H groups in total. The van der Waals surface area contributed by atoms with Crippen LogP contribution >= 0.6 is 0 Å². The lowest BCUT2D eigenvalue weighted by Crippen LogP contribution is -2.47. The van der Waals surface area contributed by atoms with Crippen LogP contribution in [0, 0.1) is 5.92 Å². The molecule has 3 heteroatoms. The van der Waals surface area contributed by atoms with Gasteiger partial charge in [-0.25, -0.2) is 0 Å². The number of fused-ring (bicyclic) bond motifs is 1. The summed E-state index contributed by atoms with van der Waals surface area (Å²) >= 11 is 0. The van der Waals surface area contributed by atoms with Gasteiger partial charge in [-0.05, 0) is 33.0 Å². The molecule has 0 radical (unpaired) electrons. The van der Waals surface area contributed by atoms with Crippen LogP contribution in [0.25, 0.3) is 0 Å². The average molecular weight is 152 g/mol. The van der Waals surface area contributed by atoms with E-state index in [1.165, 1.54) is 26.1 Å². The summed E-state index contributed by atoms with van der Waals surface area (Å²) in [6.45, 7) is 3.87.